The monoisotopic (exact) mass is 194 g/mol. The maximum Gasteiger partial charge on any atom is 0.0709 e. The minimum Gasteiger partial charge on any atom is -0.319 e. The normalized spacial score (nSPS) is 25.6. The molecule has 0 spiro atoms. The highest BCUT2D eigenvalue weighted by Gasteiger charge is 2.23. The van der Waals surface area contributed by atoms with Gasteiger partial charge in [-0.3, -0.25) is 4.90 Å². The first-order valence-corrected chi connectivity index (χ1v) is 5.66. The van der Waals surface area contributed by atoms with Crippen molar-refractivity contribution < 1.29 is 0 Å². The molecule has 2 unspecified atom stereocenters. The molecule has 0 aromatic carbocycles. The molecule has 0 aliphatic carbocycles. The van der Waals surface area contributed by atoms with E-state index in [0.29, 0.717) is 6.04 Å². The zero-order valence-corrected chi connectivity index (χ0v) is 9.42. The molecule has 0 aromatic rings. The van der Waals surface area contributed by atoms with Crippen LogP contribution in [0.5, 0.6) is 0 Å². The van der Waals surface area contributed by atoms with Crippen LogP contribution in [-0.2, 0) is 0 Å². The zero-order chi connectivity index (χ0) is 10.4. The second-order valence-corrected chi connectivity index (χ2v) is 4.15. The third kappa shape index (κ3) is 3.01. The number of rotatable bonds is 4. The Bertz CT molecular complexity index is 193. The summed E-state index contributed by atoms with van der Waals surface area (Å²) in [7, 11) is 2.03. The molecule has 1 N–H and O–H groups in total. The summed E-state index contributed by atoms with van der Waals surface area (Å²) in [5.41, 5.74) is 0. The second kappa shape index (κ2) is 6.06. The summed E-state index contributed by atoms with van der Waals surface area (Å²) in [6.45, 7) is 5.65. The van der Waals surface area contributed by atoms with E-state index in [9.17, 15) is 0 Å². The smallest absolute Gasteiger partial charge is 0.0709 e. The molecular formula is C12H22N2. The van der Waals surface area contributed by atoms with Crippen molar-refractivity contribution >= 4 is 0 Å². The van der Waals surface area contributed by atoms with Gasteiger partial charge in [-0.25, -0.2) is 0 Å². The van der Waals surface area contributed by atoms with Crippen molar-refractivity contribution in [3.05, 3.63) is 0 Å². The Morgan fingerprint density at radius 1 is 1.64 bits per heavy atom. The predicted molar refractivity (Wildman–Crippen MR) is 61.1 cm³/mol. The van der Waals surface area contributed by atoms with E-state index in [1.165, 1.54) is 25.9 Å². The maximum atomic E-state index is 5.53. The van der Waals surface area contributed by atoms with Gasteiger partial charge in [0.2, 0.25) is 0 Å². The molecule has 0 radical (unpaired) electrons. The number of hydrogen-bond acceptors (Lipinski definition) is 2. The lowest BCUT2D eigenvalue weighted by atomic mass is 9.96. The minimum absolute atomic E-state index is 0.356. The molecule has 1 aliphatic heterocycles. The van der Waals surface area contributed by atoms with Crippen molar-refractivity contribution in [3.8, 4) is 12.3 Å². The summed E-state index contributed by atoms with van der Waals surface area (Å²) in [6.07, 6.45) is 9.24. The first kappa shape index (κ1) is 11.6. The molecule has 0 bridgehead atoms. The molecule has 0 amide bonds. The number of hydrogen-bond donors (Lipinski definition) is 1. The van der Waals surface area contributed by atoms with E-state index in [2.05, 4.69) is 23.1 Å². The predicted octanol–water partition coefficient (Wildman–Crippen LogP) is 1.33. The summed E-state index contributed by atoms with van der Waals surface area (Å²) in [5, 5.41) is 3.25. The van der Waals surface area contributed by atoms with Crippen LogP contribution in [0.25, 0.3) is 0 Å². The Morgan fingerprint density at radius 3 is 3.00 bits per heavy atom. The molecule has 2 heteroatoms. The van der Waals surface area contributed by atoms with Gasteiger partial charge in [-0.1, -0.05) is 12.8 Å². The first-order valence-electron chi connectivity index (χ1n) is 5.66. The zero-order valence-electron chi connectivity index (χ0n) is 9.42. The lowest BCUT2D eigenvalue weighted by molar-refractivity contribution is 0.146. The molecule has 2 atom stereocenters. The van der Waals surface area contributed by atoms with Crippen LogP contribution in [-0.4, -0.2) is 37.6 Å². The van der Waals surface area contributed by atoms with E-state index in [1.807, 2.05) is 7.05 Å². The van der Waals surface area contributed by atoms with Gasteiger partial charge in [-0.2, -0.15) is 0 Å². The van der Waals surface area contributed by atoms with E-state index in [4.69, 9.17) is 6.42 Å². The van der Waals surface area contributed by atoms with Crippen molar-refractivity contribution in [3.63, 3.8) is 0 Å². The first-order chi connectivity index (χ1) is 6.81. The summed E-state index contributed by atoms with van der Waals surface area (Å²) >= 11 is 0. The van der Waals surface area contributed by atoms with Gasteiger partial charge >= 0.3 is 0 Å². The average molecular weight is 194 g/mol. The summed E-state index contributed by atoms with van der Waals surface area (Å²) in [5.74, 6) is 3.68. The number of terminal acetylenes is 1. The molecule has 0 saturated carbocycles. The van der Waals surface area contributed by atoms with E-state index < -0.39 is 0 Å². The van der Waals surface area contributed by atoms with Crippen LogP contribution in [0.2, 0.25) is 0 Å². The fourth-order valence-electron chi connectivity index (χ4n) is 2.32. The largest absolute Gasteiger partial charge is 0.319 e. The molecule has 1 heterocycles. The standard InChI is InChI=1S/C12H22N2/c1-4-12(5-2)14-8-6-7-11(10-14)9-13-3/h1,11-13H,5-10H2,2-3H3. The SMILES string of the molecule is C#CC(CC)N1CCCC(CNC)C1. The third-order valence-corrected chi connectivity index (χ3v) is 3.06. The molecule has 1 aliphatic rings. The van der Waals surface area contributed by atoms with E-state index in [0.717, 1.165) is 18.9 Å². The lowest BCUT2D eigenvalue weighted by Gasteiger charge is -2.35. The molecule has 2 nitrogen and oxygen atoms in total. The van der Waals surface area contributed by atoms with E-state index >= 15 is 0 Å². The third-order valence-electron chi connectivity index (χ3n) is 3.06. The summed E-state index contributed by atoms with van der Waals surface area (Å²) < 4.78 is 0. The lowest BCUT2D eigenvalue weighted by Crippen LogP contribution is -2.44. The Labute approximate surface area is 88.1 Å². The van der Waals surface area contributed by atoms with E-state index in [1.54, 1.807) is 0 Å². The Kier molecular flexibility index (Phi) is 5.00. The van der Waals surface area contributed by atoms with Crippen molar-refractivity contribution in [1.29, 1.82) is 0 Å². The molecule has 1 fully saturated rings. The highest BCUT2D eigenvalue weighted by atomic mass is 15.2. The van der Waals surface area contributed by atoms with Gasteiger partial charge in [0.05, 0.1) is 6.04 Å². The molecular weight excluding hydrogens is 172 g/mol. The molecule has 1 rings (SSSR count). The Balaban J connectivity index is 2.43. The fourth-order valence-corrected chi connectivity index (χ4v) is 2.32. The Hall–Kier alpha value is -0.520. The van der Waals surface area contributed by atoms with Gasteiger partial charge in [0.15, 0.2) is 0 Å². The van der Waals surface area contributed by atoms with Crippen LogP contribution in [0.1, 0.15) is 26.2 Å². The molecule has 80 valence electrons. The van der Waals surface area contributed by atoms with Gasteiger partial charge < -0.3 is 5.32 Å². The highest BCUT2D eigenvalue weighted by Crippen LogP contribution is 2.18. The van der Waals surface area contributed by atoms with Crippen molar-refractivity contribution in [2.24, 2.45) is 5.92 Å². The summed E-state index contributed by atoms with van der Waals surface area (Å²) in [6, 6.07) is 0.356. The number of piperidine rings is 1. The van der Waals surface area contributed by atoms with Gasteiger partial charge in [-0.05, 0) is 45.3 Å². The molecule has 0 aromatic heterocycles. The van der Waals surface area contributed by atoms with Crippen LogP contribution in [0.15, 0.2) is 0 Å². The maximum absolute atomic E-state index is 5.53. The van der Waals surface area contributed by atoms with Crippen molar-refractivity contribution in [2.75, 3.05) is 26.7 Å². The van der Waals surface area contributed by atoms with Gasteiger partial charge in [0.1, 0.15) is 0 Å². The van der Waals surface area contributed by atoms with Gasteiger partial charge in [0.25, 0.3) is 0 Å². The van der Waals surface area contributed by atoms with Crippen molar-refractivity contribution in [2.45, 2.75) is 32.2 Å². The minimum atomic E-state index is 0.356. The molecule has 14 heavy (non-hydrogen) atoms. The number of nitrogens with one attached hydrogen (secondary N) is 1. The highest BCUT2D eigenvalue weighted by molar-refractivity contribution is 5.00. The van der Waals surface area contributed by atoms with Crippen LogP contribution >= 0.6 is 0 Å². The van der Waals surface area contributed by atoms with Gasteiger partial charge in [-0.15, -0.1) is 6.42 Å². The second-order valence-electron chi connectivity index (χ2n) is 4.15. The molecule has 1 saturated heterocycles. The van der Waals surface area contributed by atoms with Crippen LogP contribution < -0.4 is 5.32 Å². The number of likely N-dealkylation sites (tertiary alicyclic amines) is 1. The van der Waals surface area contributed by atoms with Crippen LogP contribution in [0, 0.1) is 18.3 Å². The van der Waals surface area contributed by atoms with Crippen LogP contribution in [0.4, 0.5) is 0 Å². The van der Waals surface area contributed by atoms with Gasteiger partial charge in [0, 0.05) is 6.54 Å². The summed E-state index contributed by atoms with van der Waals surface area (Å²) in [4.78, 5) is 2.46. The van der Waals surface area contributed by atoms with Crippen molar-refractivity contribution in [1.82, 2.24) is 10.2 Å². The topological polar surface area (TPSA) is 15.3 Å². The van der Waals surface area contributed by atoms with E-state index in [-0.39, 0.29) is 0 Å². The quantitative estimate of drug-likeness (QED) is 0.679. The number of nitrogens with zero attached hydrogens (tertiary/aromatic N) is 1. The average Bonchev–Trinajstić information content (AvgIpc) is 2.21. The Morgan fingerprint density at radius 2 is 2.43 bits per heavy atom. The van der Waals surface area contributed by atoms with Crippen LogP contribution in [0.3, 0.4) is 0 Å². The fraction of sp³-hybridized carbons (Fsp3) is 0.833.